The largest absolute Gasteiger partial charge is 0.375 e. The van der Waals surface area contributed by atoms with Gasteiger partial charge in [-0.15, -0.1) is 0 Å². The van der Waals surface area contributed by atoms with Gasteiger partial charge in [0.25, 0.3) is 0 Å². The monoisotopic (exact) mass is 170 g/mol. The van der Waals surface area contributed by atoms with E-state index in [0.717, 1.165) is 12.8 Å². The number of hydrogen-bond donors (Lipinski definition) is 0. The molecule has 2 atom stereocenters. The summed E-state index contributed by atoms with van der Waals surface area (Å²) in [5.41, 5.74) is -0.368. The van der Waals surface area contributed by atoms with E-state index in [1.54, 1.807) is 14.2 Å². The Hall–Kier alpha value is -0.340. The van der Waals surface area contributed by atoms with E-state index in [1.165, 1.54) is 0 Å². The first-order valence-electron chi connectivity index (χ1n) is 4.33. The molecule has 0 aromatic heterocycles. The van der Waals surface area contributed by atoms with E-state index in [4.69, 9.17) is 9.47 Å². The summed E-state index contributed by atoms with van der Waals surface area (Å²) in [4.78, 5) is 0. The van der Waals surface area contributed by atoms with Gasteiger partial charge in [-0.25, -0.2) is 0 Å². The Labute approximate surface area is 74.6 Å². The van der Waals surface area contributed by atoms with E-state index in [2.05, 4.69) is 26.0 Å². The quantitative estimate of drug-likeness (QED) is 0.591. The van der Waals surface area contributed by atoms with Crippen LogP contribution in [0.2, 0.25) is 0 Å². The molecular weight excluding hydrogens is 152 g/mol. The summed E-state index contributed by atoms with van der Waals surface area (Å²) in [5, 5.41) is 0. The summed E-state index contributed by atoms with van der Waals surface area (Å²) < 4.78 is 11.0. The molecule has 0 saturated carbocycles. The molecule has 1 aliphatic rings. The van der Waals surface area contributed by atoms with Gasteiger partial charge in [-0.05, 0) is 26.7 Å². The van der Waals surface area contributed by atoms with Crippen LogP contribution in [0.5, 0.6) is 0 Å². The lowest BCUT2D eigenvalue weighted by molar-refractivity contribution is -0.168. The van der Waals surface area contributed by atoms with Crippen molar-refractivity contribution in [3.8, 4) is 0 Å². The zero-order chi connectivity index (χ0) is 9.24. The van der Waals surface area contributed by atoms with Crippen LogP contribution in [0.4, 0.5) is 0 Å². The zero-order valence-corrected chi connectivity index (χ0v) is 8.39. The molecule has 0 N–H and O–H groups in total. The number of rotatable bonds is 2. The molecule has 0 aromatic rings. The first-order valence-corrected chi connectivity index (χ1v) is 4.33. The number of methoxy groups -OCH3 is 2. The van der Waals surface area contributed by atoms with Crippen LogP contribution in [0.25, 0.3) is 0 Å². The molecule has 0 radical (unpaired) electrons. The molecule has 12 heavy (non-hydrogen) atoms. The van der Waals surface area contributed by atoms with Crippen LogP contribution >= 0.6 is 0 Å². The molecule has 70 valence electrons. The van der Waals surface area contributed by atoms with Crippen molar-refractivity contribution in [2.45, 2.75) is 37.9 Å². The molecule has 0 aliphatic heterocycles. The van der Waals surface area contributed by atoms with E-state index < -0.39 is 0 Å². The second kappa shape index (κ2) is 3.19. The van der Waals surface area contributed by atoms with Crippen LogP contribution in [-0.2, 0) is 9.47 Å². The topological polar surface area (TPSA) is 18.5 Å². The fourth-order valence-corrected chi connectivity index (χ4v) is 1.65. The van der Waals surface area contributed by atoms with Crippen LogP contribution in [0.1, 0.15) is 26.7 Å². The van der Waals surface area contributed by atoms with Crippen LogP contribution in [0.3, 0.4) is 0 Å². The molecule has 0 amide bonds. The van der Waals surface area contributed by atoms with Crippen LogP contribution in [0.15, 0.2) is 12.2 Å². The van der Waals surface area contributed by atoms with Crippen molar-refractivity contribution in [2.75, 3.05) is 14.2 Å². The standard InChI is InChI=1S/C10H18O2/c1-9(11-3)7-5-6-8-10(9,2)12-4/h5-6H,7-8H2,1-4H3. The molecule has 0 saturated heterocycles. The highest BCUT2D eigenvalue weighted by Crippen LogP contribution is 2.38. The van der Waals surface area contributed by atoms with Crippen molar-refractivity contribution < 1.29 is 9.47 Å². The van der Waals surface area contributed by atoms with E-state index in [0.29, 0.717) is 0 Å². The average molecular weight is 170 g/mol. The predicted molar refractivity (Wildman–Crippen MR) is 49.2 cm³/mol. The molecule has 0 aromatic carbocycles. The maximum Gasteiger partial charge on any atom is 0.0973 e. The fraction of sp³-hybridized carbons (Fsp3) is 0.800. The van der Waals surface area contributed by atoms with Gasteiger partial charge in [-0.1, -0.05) is 12.2 Å². The first kappa shape index (κ1) is 9.75. The number of hydrogen-bond acceptors (Lipinski definition) is 2. The molecule has 2 unspecified atom stereocenters. The lowest BCUT2D eigenvalue weighted by atomic mass is 9.77. The summed E-state index contributed by atoms with van der Waals surface area (Å²) in [6.45, 7) is 4.19. The van der Waals surface area contributed by atoms with Gasteiger partial charge in [-0.2, -0.15) is 0 Å². The van der Waals surface area contributed by atoms with Gasteiger partial charge in [0.05, 0.1) is 11.2 Å². The molecule has 0 bridgehead atoms. The summed E-state index contributed by atoms with van der Waals surface area (Å²) >= 11 is 0. The minimum atomic E-state index is -0.184. The third kappa shape index (κ3) is 1.29. The van der Waals surface area contributed by atoms with Gasteiger partial charge in [0.2, 0.25) is 0 Å². The molecule has 2 heteroatoms. The van der Waals surface area contributed by atoms with Gasteiger partial charge in [0, 0.05) is 14.2 Å². The highest BCUT2D eigenvalue weighted by Gasteiger charge is 2.45. The van der Waals surface area contributed by atoms with Gasteiger partial charge < -0.3 is 9.47 Å². The first-order chi connectivity index (χ1) is 5.58. The van der Waals surface area contributed by atoms with Crippen LogP contribution in [-0.4, -0.2) is 25.4 Å². The minimum Gasteiger partial charge on any atom is -0.375 e. The van der Waals surface area contributed by atoms with Crippen molar-refractivity contribution in [3.05, 3.63) is 12.2 Å². The van der Waals surface area contributed by atoms with Gasteiger partial charge in [0.15, 0.2) is 0 Å². The van der Waals surface area contributed by atoms with Gasteiger partial charge >= 0.3 is 0 Å². The Kier molecular flexibility index (Phi) is 2.59. The SMILES string of the molecule is COC1(C)CC=CCC1(C)OC. The second-order valence-corrected chi connectivity index (χ2v) is 3.75. The van der Waals surface area contributed by atoms with E-state index >= 15 is 0 Å². The lowest BCUT2D eigenvalue weighted by Gasteiger charge is -2.45. The summed E-state index contributed by atoms with van der Waals surface area (Å²) in [7, 11) is 3.49. The predicted octanol–water partition coefficient (Wildman–Crippen LogP) is 2.15. The smallest absolute Gasteiger partial charge is 0.0973 e. The summed E-state index contributed by atoms with van der Waals surface area (Å²) in [6, 6.07) is 0. The minimum absolute atomic E-state index is 0.184. The summed E-state index contributed by atoms with van der Waals surface area (Å²) in [6.07, 6.45) is 6.16. The second-order valence-electron chi connectivity index (χ2n) is 3.75. The van der Waals surface area contributed by atoms with Crippen molar-refractivity contribution in [1.82, 2.24) is 0 Å². The normalized spacial score (nSPS) is 41.7. The fourth-order valence-electron chi connectivity index (χ4n) is 1.65. The third-order valence-electron chi connectivity index (χ3n) is 3.20. The molecule has 2 nitrogen and oxygen atoms in total. The highest BCUT2D eigenvalue weighted by molar-refractivity contribution is 5.10. The molecule has 0 spiro atoms. The molecule has 0 heterocycles. The van der Waals surface area contributed by atoms with Crippen molar-refractivity contribution in [2.24, 2.45) is 0 Å². The maximum atomic E-state index is 5.51. The Balaban J connectivity index is 2.90. The van der Waals surface area contributed by atoms with Crippen molar-refractivity contribution >= 4 is 0 Å². The maximum absolute atomic E-state index is 5.51. The summed E-state index contributed by atoms with van der Waals surface area (Å²) in [5.74, 6) is 0. The lowest BCUT2D eigenvalue weighted by Crippen LogP contribution is -2.53. The molecular formula is C10H18O2. The van der Waals surface area contributed by atoms with E-state index in [9.17, 15) is 0 Å². The van der Waals surface area contributed by atoms with Crippen molar-refractivity contribution in [1.29, 1.82) is 0 Å². The van der Waals surface area contributed by atoms with Crippen molar-refractivity contribution in [3.63, 3.8) is 0 Å². The van der Waals surface area contributed by atoms with Crippen LogP contribution in [0, 0.1) is 0 Å². The highest BCUT2D eigenvalue weighted by atomic mass is 16.5. The Bertz CT molecular complexity index is 168. The van der Waals surface area contributed by atoms with E-state index in [-0.39, 0.29) is 11.2 Å². The van der Waals surface area contributed by atoms with E-state index in [1.807, 2.05) is 0 Å². The Morgan fingerprint density at radius 3 is 1.50 bits per heavy atom. The molecule has 1 aliphatic carbocycles. The third-order valence-corrected chi connectivity index (χ3v) is 3.20. The molecule has 0 fully saturated rings. The Morgan fingerprint density at radius 2 is 1.25 bits per heavy atom. The molecule has 1 rings (SSSR count). The Morgan fingerprint density at radius 1 is 0.917 bits per heavy atom. The average Bonchev–Trinajstić information content (AvgIpc) is 2.10. The zero-order valence-electron chi connectivity index (χ0n) is 8.39. The van der Waals surface area contributed by atoms with Gasteiger partial charge in [-0.3, -0.25) is 0 Å². The van der Waals surface area contributed by atoms with Crippen LogP contribution < -0.4 is 0 Å². The number of ether oxygens (including phenoxy) is 2. The van der Waals surface area contributed by atoms with Gasteiger partial charge in [0.1, 0.15) is 0 Å².